The fraction of sp³-hybridized carbons (Fsp3) is 0.360. The van der Waals surface area contributed by atoms with E-state index >= 15 is 0 Å². The molecular weight excluding hydrogens is 422 g/mol. The maximum atomic E-state index is 13.6. The van der Waals surface area contributed by atoms with Crippen LogP contribution in [-0.2, 0) is 16.1 Å². The zero-order valence-corrected chi connectivity index (χ0v) is 19.0. The minimum atomic E-state index is -0.316. The molecule has 0 radical (unpaired) electrons. The molecular formula is C25H29N3O5. The van der Waals surface area contributed by atoms with Gasteiger partial charge in [0.2, 0.25) is 0 Å². The summed E-state index contributed by atoms with van der Waals surface area (Å²) < 4.78 is 10.8. The number of rotatable bonds is 8. The average Bonchev–Trinajstić information content (AvgIpc) is 3.09. The molecule has 1 N–H and O–H groups in total. The van der Waals surface area contributed by atoms with Crippen molar-refractivity contribution in [1.29, 1.82) is 0 Å². The van der Waals surface area contributed by atoms with Crippen molar-refractivity contribution in [3.05, 3.63) is 65.4 Å². The maximum Gasteiger partial charge on any atom is 0.278 e. The number of hydrogen-bond acceptors (Lipinski definition) is 7. The average molecular weight is 452 g/mol. The number of nitrogens with zero attached hydrogens (tertiary/aromatic N) is 3. The normalized spacial score (nSPS) is 17.2. The Bertz CT molecular complexity index is 1050. The van der Waals surface area contributed by atoms with Crippen LogP contribution in [0.25, 0.3) is 5.57 Å². The minimum absolute atomic E-state index is 0.0991. The SMILES string of the molecule is COc1ccc(C2=C(N3CCN(CCO)CC3)C(=O)N(Cc3ccccc3)C2=O)cc1OC. The number of aliphatic hydroxyl groups excluding tert-OH is 1. The quantitative estimate of drug-likeness (QED) is 0.611. The molecule has 1 fully saturated rings. The largest absolute Gasteiger partial charge is 0.493 e. The van der Waals surface area contributed by atoms with Crippen LogP contribution in [-0.4, -0.2) is 85.2 Å². The number of methoxy groups -OCH3 is 2. The first kappa shape index (κ1) is 22.8. The molecule has 8 heteroatoms. The van der Waals surface area contributed by atoms with E-state index in [0.29, 0.717) is 61.1 Å². The third kappa shape index (κ3) is 4.58. The number of imide groups is 1. The molecule has 2 heterocycles. The number of ether oxygens (including phenoxy) is 2. The third-order valence-electron chi connectivity index (χ3n) is 6.10. The van der Waals surface area contributed by atoms with E-state index < -0.39 is 0 Å². The smallest absolute Gasteiger partial charge is 0.278 e. The highest BCUT2D eigenvalue weighted by molar-refractivity contribution is 6.35. The van der Waals surface area contributed by atoms with Crippen molar-refractivity contribution in [2.75, 3.05) is 53.6 Å². The number of piperazine rings is 1. The van der Waals surface area contributed by atoms with Crippen LogP contribution in [0.2, 0.25) is 0 Å². The van der Waals surface area contributed by atoms with E-state index in [9.17, 15) is 14.7 Å². The molecule has 0 bridgehead atoms. The Morgan fingerprint density at radius 1 is 0.879 bits per heavy atom. The van der Waals surface area contributed by atoms with Crippen molar-refractivity contribution in [3.8, 4) is 11.5 Å². The molecule has 2 aliphatic rings. The van der Waals surface area contributed by atoms with Gasteiger partial charge in [-0.05, 0) is 23.3 Å². The van der Waals surface area contributed by atoms with Gasteiger partial charge in [-0.2, -0.15) is 0 Å². The summed E-state index contributed by atoms with van der Waals surface area (Å²) in [6.45, 7) is 3.54. The highest BCUT2D eigenvalue weighted by Gasteiger charge is 2.42. The highest BCUT2D eigenvalue weighted by Crippen LogP contribution is 2.37. The van der Waals surface area contributed by atoms with Gasteiger partial charge in [0.25, 0.3) is 11.8 Å². The van der Waals surface area contributed by atoms with E-state index in [1.807, 2.05) is 35.2 Å². The molecule has 2 aliphatic heterocycles. The molecule has 2 amide bonds. The van der Waals surface area contributed by atoms with Gasteiger partial charge in [0.1, 0.15) is 5.70 Å². The van der Waals surface area contributed by atoms with Crippen LogP contribution in [0.15, 0.2) is 54.2 Å². The minimum Gasteiger partial charge on any atom is -0.493 e. The maximum absolute atomic E-state index is 13.6. The fourth-order valence-corrected chi connectivity index (χ4v) is 4.35. The number of benzene rings is 2. The Balaban J connectivity index is 1.72. The highest BCUT2D eigenvalue weighted by atomic mass is 16.5. The Labute approximate surface area is 193 Å². The lowest BCUT2D eigenvalue weighted by atomic mass is 10.0. The summed E-state index contributed by atoms with van der Waals surface area (Å²) in [4.78, 5) is 32.6. The van der Waals surface area contributed by atoms with E-state index in [0.717, 1.165) is 5.56 Å². The van der Waals surface area contributed by atoms with Gasteiger partial charge in [-0.3, -0.25) is 19.4 Å². The number of aliphatic hydroxyl groups is 1. The molecule has 174 valence electrons. The monoisotopic (exact) mass is 451 g/mol. The van der Waals surface area contributed by atoms with Gasteiger partial charge >= 0.3 is 0 Å². The van der Waals surface area contributed by atoms with Crippen molar-refractivity contribution >= 4 is 17.4 Å². The van der Waals surface area contributed by atoms with Crippen molar-refractivity contribution in [2.45, 2.75) is 6.54 Å². The summed E-state index contributed by atoms with van der Waals surface area (Å²) in [6.07, 6.45) is 0. The Morgan fingerprint density at radius 2 is 1.58 bits per heavy atom. The molecule has 0 aromatic heterocycles. The van der Waals surface area contributed by atoms with Crippen LogP contribution in [0.4, 0.5) is 0 Å². The lowest BCUT2D eigenvalue weighted by molar-refractivity contribution is -0.138. The molecule has 2 aromatic carbocycles. The summed E-state index contributed by atoms with van der Waals surface area (Å²) in [5.74, 6) is 0.448. The summed E-state index contributed by atoms with van der Waals surface area (Å²) in [5.41, 5.74) is 2.31. The van der Waals surface area contributed by atoms with Gasteiger partial charge in [0.15, 0.2) is 11.5 Å². The number of amides is 2. The van der Waals surface area contributed by atoms with Crippen molar-refractivity contribution in [3.63, 3.8) is 0 Å². The molecule has 1 saturated heterocycles. The lowest BCUT2D eigenvalue weighted by Gasteiger charge is -2.36. The molecule has 0 unspecified atom stereocenters. The number of β-amino-alcohol motifs (C(OH)–C–C–N with tert-alkyl or cyclic N) is 1. The van der Waals surface area contributed by atoms with Gasteiger partial charge in [0.05, 0.1) is 32.9 Å². The van der Waals surface area contributed by atoms with Crippen molar-refractivity contribution in [1.82, 2.24) is 14.7 Å². The molecule has 33 heavy (non-hydrogen) atoms. The first-order valence-corrected chi connectivity index (χ1v) is 11.0. The number of carbonyl (C=O) groups excluding carboxylic acids is 2. The number of hydrogen-bond donors (Lipinski definition) is 1. The van der Waals surface area contributed by atoms with E-state index in [-0.39, 0.29) is 25.0 Å². The van der Waals surface area contributed by atoms with Crippen LogP contribution in [0.1, 0.15) is 11.1 Å². The van der Waals surface area contributed by atoms with Crippen LogP contribution >= 0.6 is 0 Å². The van der Waals surface area contributed by atoms with E-state index in [1.54, 1.807) is 32.4 Å². The van der Waals surface area contributed by atoms with E-state index in [1.165, 1.54) is 4.90 Å². The predicted molar refractivity (Wildman–Crippen MR) is 124 cm³/mol. The Kier molecular flexibility index (Phi) is 6.96. The first-order valence-electron chi connectivity index (χ1n) is 11.0. The van der Waals surface area contributed by atoms with Crippen molar-refractivity contribution in [2.24, 2.45) is 0 Å². The van der Waals surface area contributed by atoms with Gasteiger partial charge < -0.3 is 19.5 Å². The molecule has 8 nitrogen and oxygen atoms in total. The van der Waals surface area contributed by atoms with E-state index in [2.05, 4.69) is 4.90 Å². The summed E-state index contributed by atoms with van der Waals surface area (Å²) in [7, 11) is 3.10. The molecule has 0 spiro atoms. The fourth-order valence-electron chi connectivity index (χ4n) is 4.35. The number of carbonyl (C=O) groups is 2. The second kappa shape index (κ2) is 10.1. The predicted octanol–water partition coefficient (Wildman–Crippen LogP) is 1.59. The molecule has 2 aromatic rings. The third-order valence-corrected chi connectivity index (χ3v) is 6.10. The van der Waals surface area contributed by atoms with Crippen molar-refractivity contribution < 1.29 is 24.2 Å². The topological polar surface area (TPSA) is 82.5 Å². The Hall–Kier alpha value is -3.36. The lowest BCUT2D eigenvalue weighted by Crippen LogP contribution is -2.48. The zero-order valence-electron chi connectivity index (χ0n) is 19.0. The second-order valence-electron chi connectivity index (χ2n) is 8.03. The zero-order chi connectivity index (χ0) is 23.4. The standard InChI is InChI=1S/C25H29N3O5/c1-32-20-9-8-19(16-21(20)33-2)22-23(27-12-10-26(11-13-27)14-15-29)25(31)28(24(22)30)17-18-6-4-3-5-7-18/h3-9,16,29H,10-15,17H2,1-2H3. The van der Waals surface area contributed by atoms with Crippen LogP contribution < -0.4 is 9.47 Å². The van der Waals surface area contributed by atoms with Gasteiger partial charge in [-0.1, -0.05) is 36.4 Å². The molecule has 0 saturated carbocycles. The first-order chi connectivity index (χ1) is 16.1. The summed E-state index contributed by atoms with van der Waals surface area (Å²) >= 11 is 0. The molecule has 0 atom stereocenters. The van der Waals surface area contributed by atoms with Crippen LogP contribution in [0.3, 0.4) is 0 Å². The summed E-state index contributed by atoms with van der Waals surface area (Å²) in [5, 5.41) is 9.24. The van der Waals surface area contributed by atoms with Gasteiger partial charge in [-0.25, -0.2) is 0 Å². The molecule has 0 aliphatic carbocycles. The van der Waals surface area contributed by atoms with E-state index in [4.69, 9.17) is 9.47 Å². The second-order valence-corrected chi connectivity index (χ2v) is 8.03. The summed E-state index contributed by atoms with van der Waals surface area (Å²) in [6, 6.07) is 14.8. The Morgan fingerprint density at radius 3 is 2.21 bits per heavy atom. The molecule has 4 rings (SSSR count). The van der Waals surface area contributed by atoms with Crippen LogP contribution in [0, 0.1) is 0 Å². The van der Waals surface area contributed by atoms with Crippen LogP contribution in [0.5, 0.6) is 11.5 Å². The van der Waals surface area contributed by atoms with Gasteiger partial charge in [-0.15, -0.1) is 0 Å². The van der Waals surface area contributed by atoms with Gasteiger partial charge in [0, 0.05) is 32.7 Å².